The summed E-state index contributed by atoms with van der Waals surface area (Å²) in [5, 5.41) is 1.09. The summed E-state index contributed by atoms with van der Waals surface area (Å²) in [6.07, 6.45) is 4.32. The molecule has 1 atom stereocenters. The maximum absolute atomic E-state index is 13.8. The molecule has 4 rings (SSSR count). The summed E-state index contributed by atoms with van der Waals surface area (Å²) in [4.78, 5) is 11.6. The standard InChI is InChI=1S/C22H26As2FN3/c1-24(2)18-6-8-28(9-7-18)13-17-10-16(15-4-3-5-19(25)11-15)12-20-21(17)26-14-27-22(20)23/h3-5,10-12,14,18H,6-9,13,23H2,1-2H3. The van der Waals surface area contributed by atoms with Crippen LogP contribution >= 0.6 is 0 Å². The Morgan fingerprint density at radius 2 is 1.89 bits per heavy atom. The number of benzene rings is 2. The van der Waals surface area contributed by atoms with Crippen molar-refractivity contribution in [1.29, 1.82) is 0 Å². The van der Waals surface area contributed by atoms with E-state index in [1.807, 2.05) is 6.07 Å². The van der Waals surface area contributed by atoms with Crippen LogP contribution in [0.3, 0.4) is 0 Å². The van der Waals surface area contributed by atoms with Gasteiger partial charge in [0.25, 0.3) is 0 Å². The van der Waals surface area contributed by atoms with Crippen molar-refractivity contribution in [1.82, 2.24) is 14.9 Å². The van der Waals surface area contributed by atoms with Gasteiger partial charge in [0, 0.05) is 0 Å². The molecule has 0 N–H and O–H groups in total. The number of piperidine rings is 1. The predicted molar refractivity (Wildman–Crippen MR) is 119 cm³/mol. The molecule has 2 heterocycles. The number of hydrogen-bond donors (Lipinski definition) is 0. The van der Waals surface area contributed by atoms with E-state index >= 15 is 0 Å². The third-order valence-corrected chi connectivity index (χ3v) is 10.8. The molecule has 146 valence electrons. The molecule has 0 amide bonds. The van der Waals surface area contributed by atoms with E-state index in [-0.39, 0.29) is 5.82 Å². The molecule has 3 aromatic rings. The van der Waals surface area contributed by atoms with E-state index in [2.05, 4.69) is 38.4 Å². The van der Waals surface area contributed by atoms with Gasteiger partial charge in [-0.1, -0.05) is 0 Å². The first-order chi connectivity index (χ1) is 13.5. The van der Waals surface area contributed by atoms with Gasteiger partial charge in [-0.15, -0.1) is 0 Å². The summed E-state index contributed by atoms with van der Waals surface area (Å²) in [5.74, 6) is -0.204. The Labute approximate surface area is 179 Å². The van der Waals surface area contributed by atoms with Gasteiger partial charge in [0.05, 0.1) is 0 Å². The van der Waals surface area contributed by atoms with Crippen LogP contribution in [-0.2, 0) is 6.54 Å². The first-order valence-electron chi connectivity index (χ1n) is 9.69. The van der Waals surface area contributed by atoms with Crippen LogP contribution in [0.4, 0.5) is 4.39 Å². The number of rotatable bonds is 4. The number of hydrogen-bond acceptors (Lipinski definition) is 3. The van der Waals surface area contributed by atoms with Crippen LogP contribution < -0.4 is 4.48 Å². The van der Waals surface area contributed by atoms with Crippen LogP contribution in [0.25, 0.3) is 22.0 Å². The molecule has 1 aromatic heterocycles. The zero-order valence-corrected chi connectivity index (χ0v) is 20.7. The van der Waals surface area contributed by atoms with E-state index in [1.165, 1.54) is 41.3 Å². The van der Waals surface area contributed by atoms with E-state index in [0.29, 0.717) is 0 Å². The second-order valence-corrected chi connectivity index (χ2v) is 14.5. The minimum absolute atomic E-state index is 0.204. The van der Waals surface area contributed by atoms with Crippen LogP contribution in [0.15, 0.2) is 42.7 Å². The SMILES string of the molecule is C[As](C)C1CCN(Cc2cc(-c3cccc(F)c3)cc3c([AsH2])ncnc23)CC1. The zero-order chi connectivity index (χ0) is 19.7. The molecule has 6 heteroatoms. The van der Waals surface area contributed by atoms with Gasteiger partial charge in [0.15, 0.2) is 0 Å². The predicted octanol–water partition coefficient (Wildman–Crippen LogP) is 3.41. The molecule has 0 bridgehead atoms. The fourth-order valence-corrected chi connectivity index (χ4v) is 7.30. The van der Waals surface area contributed by atoms with E-state index in [9.17, 15) is 4.39 Å². The molecule has 0 saturated carbocycles. The van der Waals surface area contributed by atoms with Crippen molar-refractivity contribution in [3.05, 3.63) is 54.1 Å². The topological polar surface area (TPSA) is 29.0 Å². The quantitative estimate of drug-likeness (QED) is 0.514. The normalized spacial score (nSPS) is 16.2. The Balaban J connectivity index is 1.70. The summed E-state index contributed by atoms with van der Waals surface area (Å²) < 4.78 is 15.8. The van der Waals surface area contributed by atoms with Crippen LogP contribution in [0, 0.1) is 5.82 Å². The Morgan fingerprint density at radius 3 is 2.61 bits per heavy atom. The first-order valence-corrected chi connectivity index (χ1v) is 15.7. The number of likely N-dealkylation sites (tertiary alicyclic amines) is 1. The molecule has 1 unspecified atom stereocenters. The van der Waals surface area contributed by atoms with E-state index in [0.717, 1.165) is 50.9 Å². The second kappa shape index (κ2) is 8.65. The number of aromatic nitrogens is 2. The monoisotopic (exact) mass is 501 g/mol. The van der Waals surface area contributed by atoms with Crippen molar-refractivity contribution in [3.63, 3.8) is 0 Å². The van der Waals surface area contributed by atoms with Crippen molar-refractivity contribution in [2.45, 2.75) is 35.5 Å². The molecule has 1 saturated heterocycles. The molecular weight excluding hydrogens is 475 g/mol. The third kappa shape index (κ3) is 4.35. The molecule has 1 aliphatic heterocycles. The van der Waals surface area contributed by atoms with E-state index < -0.39 is 14.7 Å². The average Bonchev–Trinajstić information content (AvgIpc) is 2.69. The van der Waals surface area contributed by atoms with Gasteiger partial charge in [-0.05, 0) is 0 Å². The summed E-state index contributed by atoms with van der Waals surface area (Å²) in [5.41, 5.74) is 9.16. The summed E-state index contributed by atoms with van der Waals surface area (Å²) >= 11 is 0.888. The van der Waals surface area contributed by atoms with Crippen molar-refractivity contribution in [2.75, 3.05) is 13.1 Å². The van der Waals surface area contributed by atoms with Crippen molar-refractivity contribution in [2.24, 2.45) is 0 Å². The number of fused-ring (bicyclic) bond motifs is 1. The average molecular weight is 501 g/mol. The van der Waals surface area contributed by atoms with Gasteiger partial charge in [-0.2, -0.15) is 0 Å². The van der Waals surface area contributed by atoms with Crippen molar-refractivity contribution < 1.29 is 4.39 Å². The van der Waals surface area contributed by atoms with Crippen LogP contribution in [0.1, 0.15) is 18.4 Å². The Kier molecular flexibility index (Phi) is 6.20. The second-order valence-electron chi connectivity index (χ2n) is 7.77. The fourth-order valence-electron chi connectivity index (χ4n) is 4.05. The molecule has 1 aliphatic rings. The Morgan fingerprint density at radius 1 is 1.11 bits per heavy atom. The van der Waals surface area contributed by atoms with Gasteiger partial charge in [-0.3, -0.25) is 0 Å². The van der Waals surface area contributed by atoms with Gasteiger partial charge in [-0.25, -0.2) is 0 Å². The molecule has 0 radical (unpaired) electrons. The third-order valence-electron chi connectivity index (χ3n) is 5.69. The van der Waals surface area contributed by atoms with Crippen molar-refractivity contribution in [3.8, 4) is 11.1 Å². The number of nitrogens with zero attached hydrogens (tertiary/aromatic N) is 3. The molecule has 3 nitrogen and oxygen atoms in total. The van der Waals surface area contributed by atoms with Crippen LogP contribution in [0.2, 0.25) is 16.1 Å². The fraction of sp³-hybridized carbons (Fsp3) is 0.364. The summed E-state index contributed by atoms with van der Waals surface area (Å²) in [6, 6.07) is 11.1. The Bertz CT molecular complexity index is 985. The van der Waals surface area contributed by atoms with E-state index in [4.69, 9.17) is 0 Å². The summed E-state index contributed by atoms with van der Waals surface area (Å²) in [7, 11) is 0. The summed E-state index contributed by atoms with van der Waals surface area (Å²) in [6.45, 7) is 3.23. The van der Waals surface area contributed by atoms with Crippen LogP contribution in [-0.4, -0.2) is 59.5 Å². The van der Waals surface area contributed by atoms with Gasteiger partial charge < -0.3 is 0 Å². The molecule has 0 spiro atoms. The number of halogens is 1. The van der Waals surface area contributed by atoms with Crippen molar-refractivity contribution >= 4 is 46.9 Å². The Hall–Kier alpha value is -1.21. The minimum atomic E-state index is -0.611. The molecule has 0 aliphatic carbocycles. The van der Waals surface area contributed by atoms with Gasteiger partial charge >= 0.3 is 180 Å². The van der Waals surface area contributed by atoms with Crippen LogP contribution in [0.5, 0.6) is 0 Å². The molecular formula is C22H26As2FN3. The molecule has 28 heavy (non-hydrogen) atoms. The zero-order valence-electron chi connectivity index (χ0n) is 16.4. The van der Waals surface area contributed by atoms with E-state index in [1.54, 1.807) is 18.5 Å². The van der Waals surface area contributed by atoms with Gasteiger partial charge in [0.1, 0.15) is 0 Å². The van der Waals surface area contributed by atoms with Gasteiger partial charge in [0.2, 0.25) is 0 Å². The first kappa shape index (κ1) is 20.1. The molecule has 1 fully saturated rings. The molecule has 2 aromatic carbocycles. The maximum atomic E-state index is 13.8.